The van der Waals surface area contributed by atoms with E-state index in [4.69, 9.17) is 5.73 Å². The molecule has 1 aliphatic rings. The van der Waals surface area contributed by atoms with Crippen molar-refractivity contribution in [2.75, 3.05) is 12.3 Å². The number of nitrogen functional groups attached to an aromatic ring is 1. The van der Waals surface area contributed by atoms with Gasteiger partial charge in [0.1, 0.15) is 5.69 Å². The average Bonchev–Trinajstić information content (AvgIpc) is 2.64. The number of aromatic nitrogens is 1. The number of rotatable bonds is 1. The van der Waals surface area contributed by atoms with E-state index in [9.17, 15) is 4.79 Å². The maximum Gasteiger partial charge on any atom is 0.273 e. The quantitative estimate of drug-likeness (QED) is 0.815. The summed E-state index contributed by atoms with van der Waals surface area (Å²) in [6.07, 6.45) is 2.15. The molecule has 2 unspecified atom stereocenters. The monoisotopic (exact) mass is 239 g/mol. The zero-order chi connectivity index (χ0) is 11.7. The number of carbonyl (C=O) groups excluding carboxylic acids is 1. The Balaban J connectivity index is 2.10. The highest BCUT2D eigenvalue weighted by atomic mass is 32.1. The summed E-state index contributed by atoms with van der Waals surface area (Å²) in [6, 6.07) is 0.305. The highest BCUT2D eigenvalue weighted by Gasteiger charge is 2.28. The van der Waals surface area contributed by atoms with E-state index in [2.05, 4.69) is 18.8 Å². The molecule has 88 valence electrons. The normalized spacial score (nSPS) is 25.8. The first-order chi connectivity index (χ1) is 7.58. The Morgan fingerprint density at radius 3 is 2.94 bits per heavy atom. The van der Waals surface area contributed by atoms with Crippen LogP contribution in [-0.4, -0.2) is 28.4 Å². The molecular weight excluding hydrogens is 222 g/mol. The van der Waals surface area contributed by atoms with Crippen molar-refractivity contribution < 1.29 is 4.79 Å². The number of carbonyl (C=O) groups is 1. The second-order valence-electron chi connectivity index (χ2n) is 4.55. The van der Waals surface area contributed by atoms with Crippen LogP contribution in [0.15, 0.2) is 5.38 Å². The standard InChI is InChI=1S/C11H17N3OS/c1-7-3-4-14(8(2)5-7)10(15)9-6-16-11(12)13-9/h6-8H,3-5H2,1-2H3,(H2,12,13). The Labute approximate surface area is 99.5 Å². The molecule has 0 saturated carbocycles. The van der Waals surface area contributed by atoms with Gasteiger partial charge in [-0.15, -0.1) is 11.3 Å². The van der Waals surface area contributed by atoms with Crippen LogP contribution in [-0.2, 0) is 0 Å². The molecule has 1 aromatic rings. The Kier molecular flexibility index (Phi) is 3.14. The minimum Gasteiger partial charge on any atom is -0.375 e. The number of thiazole rings is 1. The van der Waals surface area contributed by atoms with Crippen molar-refractivity contribution in [1.82, 2.24) is 9.88 Å². The molecule has 2 heterocycles. The summed E-state index contributed by atoms with van der Waals surface area (Å²) in [4.78, 5) is 18.1. The van der Waals surface area contributed by atoms with Crippen molar-refractivity contribution in [3.8, 4) is 0 Å². The molecule has 4 nitrogen and oxygen atoms in total. The van der Waals surface area contributed by atoms with Gasteiger partial charge in [-0.2, -0.15) is 0 Å². The summed E-state index contributed by atoms with van der Waals surface area (Å²) in [5.74, 6) is 0.729. The van der Waals surface area contributed by atoms with Gasteiger partial charge in [-0.3, -0.25) is 4.79 Å². The smallest absolute Gasteiger partial charge is 0.273 e. The van der Waals surface area contributed by atoms with Crippen LogP contribution in [0.5, 0.6) is 0 Å². The highest BCUT2D eigenvalue weighted by molar-refractivity contribution is 7.13. The Morgan fingerprint density at radius 2 is 2.38 bits per heavy atom. The van der Waals surface area contributed by atoms with Crippen LogP contribution in [0.2, 0.25) is 0 Å². The van der Waals surface area contributed by atoms with Crippen LogP contribution >= 0.6 is 11.3 Å². The van der Waals surface area contributed by atoms with Crippen molar-refractivity contribution >= 4 is 22.4 Å². The van der Waals surface area contributed by atoms with Gasteiger partial charge in [-0.05, 0) is 25.7 Å². The lowest BCUT2D eigenvalue weighted by molar-refractivity contribution is 0.0583. The van der Waals surface area contributed by atoms with Gasteiger partial charge in [-0.25, -0.2) is 4.98 Å². The molecule has 0 spiro atoms. The Morgan fingerprint density at radius 1 is 1.62 bits per heavy atom. The molecule has 1 aromatic heterocycles. The molecule has 1 amide bonds. The van der Waals surface area contributed by atoms with Gasteiger partial charge in [-0.1, -0.05) is 6.92 Å². The summed E-state index contributed by atoms with van der Waals surface area (Å²) in [5, 5.41) is 2.20. The topological polar surface area (TPSA) is 59.2 Å². The van der Waals surface area contributed by atoms with Crippen molar-refractivity contribution in [3.05, 3.63) is 11.1 Å². The fourth-order valence-electron chi connectivity index (χ4n) is 2.24. The van der Waals surface area contributed by atoms with Crippen LogP contribution < -0.4 is 5.73 Å². The SMILES string of the molecule is CC1CCN(C(=O)c2csc(N)n2)C(C)C1. The lowest BCUT2D eigenvalue weighted by atomic mass is 9.93. The summed E-state index contributed by atoms with van der Waals surface area (Å²) >= 11 is 1.32. The molecule has 2 atom stereocenters. The van der Waals surface area contributed by atoms with Crippen LogP contribution in [0.1, 0.15) is 37.2 Å². The number of hydrogen-bond acceptors (Lipinski definition) is 4. The minimum absolute atomic E-state index is 0.0207. The van der Waals surface area contributed by atoms with Crippen molar-refractivity contribution in [3.63, 3.8) is 0 Å². The molecule has 1 fully saturated rings. The maximum absolute atomic E-state index is 12.1. The molecule has 1 aliphatic heterocycles. The average molecular weight is 239 g/mol. The van der Waals surface area contributed by atoms with E-state index in [0.29, 0.717) is 22.8 Å². The Hall–Kier alpha value is -1.10. The number of likely N-dealkylation sites (tertiary alicyclic amines) is 1. The zero-order valence-corrected chi connectivity index (χ0v) is 10.5. The third-order valence-corrected chi connectivity index (χ3v) is 3.81. The maximum atomic E-state index is 12.1. The lowest BCUT2D eigenvalue weighted by Crippen LogP contribution is -2.44. The third kappa shape index (κ3) is 2.19. The largest absolute Gasteiger partial charge is 0.375 e. The molecule has 0 aromatic carbocycles. The van der Waals surface area contributed by atoms with Gasteiger partial charge in [0.15, 0.2) is 5.13 Å². The van der Waals surface area contributed by atoms with Gasteiger partial charge < -0.3 is 10.6 Å². The van der Waals surface area contributed by atoms with E-state index in [1.807, 2.05) is 4.90 Å². The van der Waals surface area contributed by atoms with Crippen LogP contribution in [0.25, 0.3) is 0 Å². The van der Waals surface area contributed by atoms with Crippen molar-refractivity contribution in [2.45, 2.75) is 32.7 Å². The first kappa shape index (κ1) is 11.4. The van der Waals surface area contributed by atoms with Crippen LogP contribution in [0.4, 0.5) is 5.13 Å². The van der Waals surface area contributed by atoms with Gasteiger partial charge in [0.25, 0.3) is 5.91 Å². The van der Waals surface area contributed by atoms with Crippen LogP contribution in [0.3, 0.4) is 0 Å². The van der Waals surface area contributed by atoms with Crippen molar-refractivity contribution in [1.29, 1.82) is 0 Å². The second-order valence-corrected chi connectivity index (χ2v) is 5.44. The number of nitrogens with zero attached hydrogens (tertiary/aromatic N) is 2. The first-order valence-corrected chi connectivity index (χ1v) is 6.48. The molecule has 5 heteroatoms. The van der Waals surface area contributed by atoms with Crippen LogP contribution in [0, 0.1) is 5.92 Å². The number of nitrogens with two attached hydrogens (primary N) is 1. The fraction of sp³-hybridized carbons (Fsp3) is 0.636. The second kappa shape index (κ2) is 4.41. The Bertz CT molecular complexity index is 390. The van der Waals surface area contributed by atoms with Gasteiger partial charge in [0.2, 0.25) is 0 Å². The summed E-state index contributed by atoms with van der Waals surface area (Å²) < 4.78 is 0. The predicted molar refractivity (Wildman–Crippen MR) is 65.4 cm³/mol. The number of anilines is 1. The van der Waals surface area contributed by atoms with Gasteiger partial charge in [0.05, 0.1) is 0 Å². The lowest BCUT2D eigenvalue weighted by Gasteiger charge is -2.36. The van der Waals surface area contributed by atoms with Crippen molar-refractivity contribution in [2.24, 2.45) is 5.92 Å². The summed E-state index contributed by atoms with van der Waals surface area (Å²) in [5.41, 5.74) is 6.03. The molecule has 2 rings (SSSR count). The van der Waals surface area contributed by atoms with E-state index in [-0.39, 0.29) is 5.91 Å². The number of piperidine rings is 1. The van der Waals surface area contributed by atoms with E-state index >= 15 is 0 Å². The minimum atomic E-state index is 0.0207. The third-order valence-electron chi connectivity index (χ3n) is 3.14. The molecule has 2 N–H and O–H groups in total. The molecule has 1 saturated heterocycles. The zero-order valence-electron chi connectivity index (χ0n) is 9.64. The van der Waals surface area contributed by atoms with Gasteiger partial charge in [0, 0.05) is 18.0 Å². The highest BCUT2D eigenvalue weighted by Crippen LogP contribution is 2.24. The van der Waals surface area contributed by atoms with E-state index < -0.39 is 0 Å². The first-order valence-electron chi connectivity index (χ1n) is 5.60. The molecular formula is C11H17N3OS. The van der Waals surface area contributed by atoms with E-state index in [0.717, 1.165) is 19.4 Å². The summed E-state index contributed by atoms with van der Waals surface area (Å²) in [7, 11) is 0. The fourth-order valence-corrected chi connectivity index (χ4v) is 2.78. The number of hydrogen-bond donors (Lipinski definition) is 1. The van der Waals surface area contributed by atoms with E-state index in [1.54, 1.807) is 5.38 Å². The van der Waals surface area contributed by atoms with Gasteiger partial charge >= 0.3 is 0 Å². The number of amides is 1. The molecule has 0 aliphatic carbocycles. The summed E-state index contributed by atoms with van der Waals surface area (Å²) in [6.45, 7) is 5.17. The van der Waals surface area contributed by atoms with E-state index in [1.165, 1.54) is 11.3 Å². The molecule has 0 bridgehead atoms. The molecule has 16 heavy (non-hydrogen) atoms. The molecule has 0 radical (unpaired) electrons. The predicted octanol–water partition coefficient (Wildman–Crippen LogP) is 1.99.